The number of benzene rings is 3. The van der Waals surface area contributed by atoms with E-state index in [0.717, 1.165) is 16.8 Å². The van der Waals surface area contributed by atoms with E-state index in [1.807, 2.05) is 57.2 Å². The molecule has 4 rings (SSSR count). The van der Waals surface area contributed by atoms with Gasteiger partial charge in [-0.1, -0.05) is 48.0 Å². The zero-order valence-electron chi connectivity index (χ0n) is 19.1. The van der Waals surface area contributed by atoms with Crippen molar-refractivity contribution < 1.29 is 19.1 Å². The molecular weight excluding hydrogens is 416 g/mol. The minimum atomic E-state index is -0.451. The SMILES string of the molecule is CCOc1ccccc1N1C(=O)C(Nc2ccc(C)cc2C)=C(c2ccccc2OC)C1=O. The van der Waals surface area contributed by atoms with Crippen molar-refractivity contribution in [2.75, 3.05) is 23.9 Å². The van der Waals surface area contributed by atoms with Crippen molar-refractivity contribution in [1.82, 2.24) is 0 Å². The molecule has 0 aromatic heterocycles. The number of imide groups is 1. The first-order valence-electron chi connectivity index (χ1n) is 10.8. The highest BCUT2D eigenvalue weighted by atomic mass is 16.5. The smallest absolute Gasteiger partial charge is 0.282 e. The number of aryl methyl sites for hydroxylation is 2. The van der Waals surface area contributed by atoms with Gasteiger partial charge in [0.25, 0.3) is 11.8 Å². The molecule has 1 N–H and O–H groups in total. The second-order valence-corrected chi connectivity index (χ2v) is 7.74. The Bertz CT molecular complexity index is 1260. The van der Waals surface area contributed by atoms with E-state index < -0.39 is 11.8 Å². The van der Waals surface area contributed by atoms with Crippen LogP contribution in [-0.4, -0.2) is 25.5 Å². The molecule has 1 aliphatic rings. The Balaban J connectivity index is 1.89. The molecule has 2 amide bonds. The molecule has 0 fully saturated rings. The lowest BCUT2D eigenvalue weighted by Gasteiger charge is -2.19. The Labute approximate surface area is 193 Å². The van der Waals surface area contributed by atoms with Crippen LogP contribution in [0.3, 0.4) is 0 Å². The predicted octanol–water partition coefficient (Wildman–Crippen LogP) is 5.11. The standard InChI is InChI=1S/C27H26N2O4/c1-5-33-23-13-9-7-11-21(23)29-26(30)24(19-10-6-8-12-22(19)32-4)25(27(29)31)28-20-15-14-17(2)16-18(20)3/h6-16,28H,5H2,1-4H3. The molecule has 0 unspecified atom stereocenters. The minimum absolute atomic E-state index is 0.197. The van der Waals surface area contributed by atoms with Crippen LogP contribution in [0, 0.1) is 13.8 Å². The van der Waals surface area contributed by atoms with Crippen LogP contribution in [0.1, 0.15) is 23.6 Å². The number of amides is 2. The largest absolute Gasteiger partial charge is 0.496 e. The molecule has 0 saturated heterocycles. The summed E-state index contributed by atoms with van der Waals surface area (Å²) < 4.78 is 11.2. The third kappa shape index (κ3) is 4.07. The first kappa shape index (κ1) is 22.1. The fourth-order valence-corrected chi connectivity index (χ4v) is 3.97. The molecule has 0 bridgehead atoms. The molecule has 6 nitrogen and oxygen atoms in total. The zero-order valence-corrected chi connectivity index (χ0v) is 19.1. The van der Waals surface area contributed by atoms with Crippen molar-refractivity contribution in [2.24, 2.45) is 0 Å². The Kier molecular flexibility index (Phi) is 6.18. The van der Waals surface area contributed by atoms with Crippen LogP contribution in [0.15, 0.2) is 72.4 Å². The average Bonchev–Trinajstić information content (AvgIpc) is 3.05. The summed E-state index contributed by atoms with van der Waals surface area (Å²) in [4.78, 5) is 28.7. The van der Waals surface area contributed by atoms with E-state index in [1.54, 1.807) is 37.4 Å². The number of para-hydroxylation sites is 3. The minimum Gasteiger partial charge on any atom is -0.496 e. The van der Waals surface area contributed by atoms with E-state index in [0.29, 0.717) is 29.4 Å². The number of nitrogens with zero attached hydrogens (tertiary/aromatic N) is 1. The van der Waals surface area contributed by atoms with Gasteiger partial charge in [0.2, 0.25) is 0 Å². The van der Waals surface area contributed by atoms with Crippen molar-refractivity contribution in [3.8, 4) is 11.5 Å². The molecule has 1 heterocycles. The number of nitrogens with one attached hydrogen (secondary N) is 1. The summed E-state index contributed by atoms with van der Waals surface area (Å²) in [6, 6.07) is 20.1. The van der Waals surface area contributed by atoms with Gasteiger partial charge in [0, 0.05) is 11.3 Å². The molecular formula is C27H26N2O4. The van der Waals surface area contributed by atoms with Crippen LogP contribution in [-0.2, 0) is 9.59 Å². The Morgan fingerprint density at radius 3 is 2.27 bits per heavy atom. The quantitative estimate of drug-likeness (QED) is 0.515. The van der Waals surface area contributed by atoms with Crippen molar-refractivity contribution in [3.05, 3.63) is 89.1 Å². The Morgan fingerprint density at radius 2 is 1.58 bits per heavy atom. The number of hydrogen-bond donors (Lipinski definition) is 1. The molecule has 0 saturated carbocycles. The molecule has 168 valence electrons. The topological polar surface area (TPSA) is 67.9 Å². The van der Waals surface area contributed by atoms with E-state index in [-0.39, 0.29) is 11.3 Å². The van der Waals surface area contributed by atoms with Crippen molar-refractivity contribution in [2.45, 2.75) is 20.8 Å². The second-order valence-electron chi connectivity index (χ2n) is 7.74. The second kappa shape index (κ2) is 9.20. The maximum absolute atomic E-state index is 13.8. The van der Waals surface area contributed by atoms with Crippen molar-refractivity contribution in [3.63, 3.8) is 0 Å². The van der Waals surface area contributed by atoms with E-state index in [2.05, 4.69) is 5.32 Å². The van der Waals surface area contributed by atoms with Gasteiger partial charge in [-0.15, -0.1) is 0 Å². The van der Waals surface area contributed by atoms with Gasteiger partial charge in [-0.2, -0.15) is 0 Å². The Morgan fingerprint density at radius 1 is 0.879 bits per heavy atom. The summed E-state index contributed by atoms with van der Waals surface area (Å²) in [6.07, 6.45) is 0. The molecule has 0 atom stereocenters. The zero-order chi connectivity index (χ0) is 23.5. The lowest BCUT2D eigenvalue weighted by Crippen LogP contribution is -2.32. The highest BCUT2D eigenvalue weighted by Gasteiger charge is 2.42. The summed E-state index contributed by atoms with van der Waals surface area (Å²) >= 11 is 0. The van der Waals surface area contributed by atoms with Gasteiger partial charge in [-0.05, 0) is 50.6 Å². The summed E-state index contributed by atoms with van der Waals surface area (Å²) in [5.74, 6) is 0.0827. The van der Waals surface area contributed by atoms with Crippen LogP contribution >= 0.6 is 0 Å². The predicted molar refractivity (Wildman–Crippen MR) is 130 cm³/mol. The van der Waals surface area contributed by atoms with Gasteiger partial charge >= 0.3 is 0 Å². The first-order chi connectivity index (χ1) is 16.0. The number of ether oxygens (including phenoxy) is 2. The fourth-order valence-electron chi connectivity index (χ4n) is 3.97. The van der Waals surface area contributed by atoms with Gasteiger partial charge in [0.05, 0.1) is 25.0 Å². The van der Waals surface area contributed by atoms with Gasteiger partial charge < -0.3 is 14.8 Å². The number of methoxy groups -OCH3 is 1. The lowest BCUT2D eigenvalue weighted by molar-refractivity contribution is -0.120. The molecule has 0 radical (unpaired) electrons. The molecule has 3 aromatic carbocycles. The van der Waals surface area contributed by atoms with E-state index in [4.69, 9.17) is 9.47 Å². The number of anilines is 2. The summed E-state index contributed by atoms with van der Waals surface area (Å²) in [5, 5.41) is 3.24. The molecule has 1 aliphatic heterocycles. The van der Waals surface area contributed by atoms with Gasteiger partial charge in [0.1, 0.15) is 17.2 Å². The maximum atomic E-state index is 13.8. The first-order valence-corrected chi connectivity index (χ1v) is 10.8. The summed E-state index contributed by atoms with van der Waals surface area (Å²) in [5.41, 5.74) is 4.23. The molecule has 6 heteroatoms. The average molecular weight is 443 g/mol. The Hall–Kier alpha value is -4.06. The number of carbonyl (C=O) groups excluding carboxylic acids is 2. The van der Waals surface area contributed by atoms with E-state index in [1.165, 1.54) is 4.90 Å². The van der Waals surface area contributed by atoms with Crippen molar-refractivity contribution >= 4 is 28.8 Å². The molecule has 33 heavy (non-hydrogen) atoms. The summed E-state index contributed by atoms with van der Waals surface area (Å²) in [7, 11) is 1.54. The van der Waals surface area contributed by atoms with Crippen LogP contribution in [0.4, 0.5) is 11.4 Å². The monoisotopic (exact) mass is 442 g/mol. The number of carbonyl (C=O) groups is 2. The highest BCUT2D eigenvalue weighted by Crippen LogP contribution is 2.40. The molecule has 0 aliphatic carbocycles. The number of hydrogen-bond acceptors (Lipinski definition) is 5. The maximum Gasteiger partial charge on any atom is 0.282 e. The normalized spacial score (nSPS) is 13.5. The van der Waals surface area contributed by atoms with E-state index in [9.17, 15) is 9.59 Å². The van der Waals surface area contributed by atoms with Crippen LogP contribution < -0.4 is 19.7 Å². The van der Waals surface area contributed by atoms with Crippen LogP contribution in [0.5, 0.6) is 11.5 Å². The van der Waals surface area contributed by atoms with Gasteiger partial charge in [-0.3, -0.25) is 9.59 Å². The van der Waals surface area contributed by atoms with Gasteiger partial charge in [0.15, 0.2) is 0 Å². The summed E-state index contributed by atoms with van der Waals surface area (Å²) in [6.45, 7) is 6.23. The third-order valence-electron chi connectivity index (χ3n) is 5.51. The third-order valence-corrected chi connectivity index (χ3v) is 5.51. The number of rotatable bonds is 7. The van der Waals surface area contributed by atoms with Crippen LogP contribution in [0.25, 0.3) is 5.57 Å². The molecule has 0 spiro atoms. The fraction of sp³-hybridized carbons (Fsp3) is 0.185. The van der Waals surface area contributed by atoms with E-state index >= 15 is 0 Å². The van der Waals surface area contributed by atoms with Crippen molar-refractivity contribution in [1.29, 1.82) is 0 Å². The van der Waals surface area contributed by atoms with Crippen LogP contribution in [0.2, 0.25) is 0 Å². The molecule has 3 aromatic rings. The lowest BCUT2D eigenvalue weighted by atomic mass is 10.0. The highest BCUT2D eigenvalue weighted by molar-refractivity contribution is 6.46. The van der Waals surface area contributed by atoms with Gasteiger partial charge in [-0.25, -0.2) is 4.90 Å².